The van der Waals surface area contributed by atoms with E-state index in [9.17, 15) is 8.78 Å². The molecule has 0 heterocycles. The van der Waals surface area contributed by atoms with E-state index in [-0.39, 0.29) is 0 Å². The monoisotopic (exact) mass is 118 g/mol. The number of rotatable bonds is 0. The largest absolute Gasteiger partial charge is 0.240 e. The van der Waals surface area contributed by atoms with E-state index in [2.05, 4.69) is 0 Å². The summed E-state index contributed by atoms with van der Waals surface area (Å²) in [5.41, 5.74) is 0. The lowest BCUT2D eigenvalue weighted by molar-refractivity contribution is 0.291. The Labute approximate surface area is 47.2 Å². The fraction of sp³-hybridized carbons (Fsp3) is 0.667. The summed E-state index contributed by atoms with van der Waals surface area (Å²) in [6, 6.07) is 0. The van der Waals surface area contributed by atoms with Crippen molar-refractivity contribution >= 4 is 0 Å². The molecule has 0 nitrogen and oxygen atoms in total. The molecule has 1 aliphatic rings. The third-order valence-corrected chi connectivity index (χ3v) is 1.30. The Morgan fingerprint density at radius 2 is 2.38 bits per heavy atom. The lowest BCUT2D eigenvalue weighted by Crippen LogP contribution is -2.04. The third kappa shape index (κ3) is 1.05. The Balaban J connectivity index is 2.53. The van der Waals surface area contributed by atoms with Crippen molar-refractivity contribution in [2.45, 2.75) is 25.4 Å². The molecule has 0 aliphatic heterocycles. The lowest BCUT2D eigenvalue weighted by Gasteiger charge is -2.08. The molecule has 0 aromatic rings. The van der Waals surface area contributed by atoms with Crippen LogP contribution in [-0.4, -0.2) is 6.17 Å². The van der Waals surface area contributed by atoms with E-state index in [0.29, 0.717) is 12.8 Å². The minimum atomic E-state index is -1.30. The molecule has 0 fully saturated rings. The SMILES string of the molecule is FC1=CCCCC1F. The van der Waals surface area contributed by atoms with Crippen LogP contribution in [0, 0.1) is 0 Å². The van der Waals surface area contributed by atoms with Crippen LogP contribution in [0.25, 0.3) is 0 Å². The molecular formula is C6H8F2. The van der Waals surface area contributed by atoms with Gasteiger partial charge in [0.25, 0.3) is 0 Å². The molecule has 0 saturated heterocycles. The Hall–Kier alpha value is -0.400. The molecule has 1 rings (SSSR count). The van der Waals surface area contributed by atoms with Crippen LogP contribution in [0.1, 0.15) is 19.3 Å². The molecular weight excluding hydrogens is 110 g/mol. The van der Waals surface area contributed by atoms with Crippen molar-refractivity contribution in [2.24, 2.45) is 0 Å². The van der Waals surface area contributed by atoms with Crippen molar-refractivity contribution in [3.63, 3.8) is 0 Å². The molecule has 0 aromatic carbocycles. The highest BCUT2D eigenvalue weighted by molar-refractivity contribution is 5.01. The zero-order valence-electron chi connectivity index (χ0n) is 4.53. The molecule has 1 unspecified atom stereocenters. The highest BCUT2D eigenvalue weighted by Crippen LogP contribution is 2.21. The average molecular weight is 118 g/mol. The van der Waals surface area contributed by atoms with E-state index in [1.807, 2.05) is 0 Å². The van der Waals surface area contributed by atoms with Crippen LogP contribution in [0.4, 0.5) is 8.78 Å². The van der Waals surface area contributed by atoms with Crippen molar-refractivity contribution < 1.29 is 8.78 Å². The molecule has 0 radical (unpaired) electrons. The summed E-state index contributed by atoms with van der Waals surface area (Å²) in [5, 5.41) is 0. The third-order valence-electron chi connectivity index (χ3n) is 1.30. The summed E-state index contributed by atoms with van der Waals surface area (Å²) < 4.78 is 24.2. The van der Waals surface area contributed by atoms with Crippen LogP contribution < -0.4 is 0 Å². The summed E-state index contributed by atoms with van der Waals surface area (Å²) in [4.78, 5) is 0. The molecule has 0 aromatic heterocycles. The van der Waals surface area contributed by atoms with Gasteiger partial charge in [-0.05, 0) is 25.3 Å². The van der Waals surface area contributed by atoms with Crippen LogP contribution in [0.5, 0.6) is 0 Å². The van der Waals surface area contributed by atoms with Gasteiger partial charge in [0.2, 0.25) is 0 Å². The molecule has 2 heteroatoms. The Kier molecular flexibility index (Phi) is 1.61. The minimum Gasteiger partial charge on any atom is -0.240 e. The zero-order valence-corrected chi connectivity index (χ0v) is 4.53. The van der Waals surface area contributed by atoms with Gasteiger partial charge in [-0.1, -0.05) is 0 Å². The quantitative estimate of drug-likeness (QED) is 0.458. The predicted molar refractivity (Wildman–Crippen MR) is 27.9 cm³/mol. The second-order valence-corrected chi connectivity index (χ2v) is 1.99. The van der Waals surface area contributed by atoms with Gasteiger partial charge in [0.15, 0.2) is 6.17 Å². The van der Waals surface area contributed by atoms with Gasteiger partial charge in [-0.15, -0.1) is 0 Å². The van der Waals surface area contributed by atoms with Crippen LogP contribution in [-0.2, 0) is 0 Å². The van der Waals surface area contributed by atoms with Gasteiger partial charge in [-0.2, -0.15) is 0 Å². The number of hydrogen-bond acceptors (Lipinski definition) is 0. The molecule has 8 heavy (non-hydrogen) atoms. The normalized spacial score (nSPS) is 29.8. The van der Waals surface area contributed by atoms with Gasteiger partial charge in [-0.25, -0.2) is 8.78 Å². The zero-order chi connectivity index (χ0) is 5.98. The van der Waals surface area contributed by atoms with Gasteiger partial charge >= 0.3 is 0 Å². The fourth-order valence-electron chi connectivity index (χ4n) is 0.803. The van der Waals surface area contributed by atoms with Gasteiger partial charge < -0.3 is 0 Å². The first kappa shape index (κ1) is 5.73. The second kappa shape index (κ2) is 2.25. The number of alkyl halides is 1. The molecule has 0 spiro atoms. The molecule has 0 N–H and O–H groups in total. The highest BCUT2D eigenvalue weighted by Gasteiger charge is 2.14. The van der Waals surface area contributed by atoms with E-state index in [1.54, 1.807) is 0 Å². The van der Waals surface area contributed by atoms with Gasteiger partial charge in [-0.3, -0.25) is 0 Å². The van der Waals surface area contributed by atoms with Gasteiger partial charge in [0.05, 0.1) is 0 Å². The first-order valence-corrected chi connectivity index (χ1v) is 2.80. The highest BCUT2D eigenvalue weighted by atomic mass is 19.2. The minimum absolute atomic E-state index is 0.363. The van der Waals surface area contributed by atoms with E-state index in [4.69, 9.17) is 0 Å². The van der Waals surface area contributed by atoms with E-state index >= 15 is 0 Å². The standard InChI is InChI=1S/C6H8F2/c7-5-3-1-2-4-6(5)8/h3,6H,1-2,4H2. The van der Waals surface area contributed by atoms with Crippen LogP contribution in [0.15, 0.2) is 11.9 Å². The molecule has 0 amide bonds. The van der Waals surface area contributed by atoms with E-state index in [1.165, 1.54) is 6.08 Å². The maximum Gasteiger partial charge on any atom is 0.151 e. The Morgan fingerprint density at radius 3 is 2.75 bits per heavy atom. The first-order valence-electron chi connectivity index (χ1n) is 2.80. The van der Waals surface area contributed by atoms with E-state index in [0.717, 1.165) is 6.42 Å². The van der Waals surface area contributed by atoms with Gasteiger partial charge in [0, 0.05) is 0 Å². The summed E-state index contributed by atoms with van der Waals surface area (Å²) in [6.45, 7) is 0. The number of hydrogen-bond donors (Lipinski definition) is 0. The summed E-state index contributed by atoms with van der Waals surface area (Å²) >= 11 is 0. The first-order chi connectivity index (χ1) is 3.80. The lowest BCUT2D eigenvalue weighted by atomic mass is 10.1. The van der Waals surface area contributed by atoms with Crippen molar-refractivity contribution in [2.75, 3.05) is 0 Å². The summed E-state index contributed by atoms with van der Waals surface area (Å²) in [7, 11) is 0. The van der Waals surface area contributed by atoms with Crippen LogP contribution in [0.3, 0.4) is 0 Å². The Bertz CT molecular complexity index is 107. The molecule has 0 bridgehead atoms. The second-order valence-electron chi connectivity index (χ2n) is 1.99. The molecule has 46 valence electrons. The maximum atomic E-state index is 12.1. The molecule has 1 aliphatic carbocycles. The topological polar surface area (TPSA) is 0 Å². The molecule has 0 saturated carbocycles. The van der Waals surface area contributed by atoms with Crippen molar-refractivity contribution in [3.8, 4) is 0 Å². The van der Waals surface area contributed by atoms with Crippen molar-refractivity contribution in [3.05, 3.63) is 11.9 Å². The maximum absolute atomic E-state index is 12.1. The smallest absolute Gasteiger partial charge is 0.151 e. The van der Waals surface area contributed by atoms with Crippen molar-refractivity contribution in [1.82, 2.24) is 0 Å². The van der Waals surface area contributed by atoms with Crippen LogP contribution in [0.2, 0.25) is 0 Å². The molecule has 1 atom stereocenters. The summed E-state index contributed by atoms with van der Waals surface area (Å²) in [6.07, 6.45) is 1.88. The predicted octanol–water partition coefficient (Wildman–Crippen LogP) is 2.36. The van der Waals surface area contributed by atoms with Gasteiger partial charge in [0.1, 0.15) is 5.83 Å². The summed E-state index contributed by atoms with van der Waals surface area (Å²) in [5.74, 6) is -0.573. The average Bonchev–Trinajstić information content (AvgIpc) is 1.77. The number of allylic oxidation sites excluding steroid dienone is 2. The van der Waals surface area contributed by atoms with Crippen molar-refractivity contribution in [1.29, 1.82) is 0 Å². The van der Waals surface area contributed by atoms with E-state index < -0.39 is 12.0 Å². The number of halogens is 2. The Morgan fingerprint density at radius 1 is 1.62 bits per heavy atom. The van der Waals surface area contributed by atoms with Crippen LogP contribution >= 0.6 is 0 Å². The fourth-order valence-corrected chi connectivity index (χ4v) is 0.803.